The zero-order chi connectivity index (χ0) is 20.1. The Labute approximate surface area is 167 Å². The molecule has 0 N–H and O–H groups in total. The van der Waals surface area contributed by atoms with Crippen molar-refractivity contribution in [1.82, 2.24) is 9.97 Å². The molecule has 0 fully saturated rings. The first kappa shape index (κ1) is 18.9. The number of nitrogens with zero attached hydrogens (tertiary/aromatic N) is 2. The predicted molar refractivity (Wildman–Crippen MR) is 121 cm³/mol. The van der Waals surface area contributed by atoms with E-state index in [0.29, 0.717) is 0 Å². The summed E-state index contributed by atoms with van der Waals surface area (Å²) in [5.74, 6) is 0. The third kappa shape index (κ3) is 3.49. The standard InChI is InChI=1S/C24H28N2OSi/c1-24(2,3)14-16-9-12-26-19(13-16)17-7-8-21(28(4,5)6)22-18-10-11-25-15-20(18)27-23(17)22/h7-13,15H,14H2,1-6H3. The number of aromatic nitrogens is 2. The van der Waals surface area contributed by atoms with Crippen molar-refractivity contribution in [2.24, 2.45) is 5.41 Å². The molecule has 3 aromatic heterocycles. The summed E-state index contributed by atoms with van der Waals surface area (Å²) in [5.41, 5.74) is 5.35. The van der Waals surface area contributed by atoms with E-state index in [1.165, 1.54) is 16.1 Å². The molecule has 4 aromatic rings. The molecule has 3 heterocycles. The minimum absolute atomic E-state index is 0.237. The van der Waals surface area contributed by atoms with Crippen molar-refractivity contribution in [3.05, 3.63) is 54.5 Å². The van der Waals surface area contributed by atoms with E-state index in [-0.39, 0.29) is 5.41 Å². The van der Waals surface area contributed by atoms with Crippen molar-refractivity contribution in [1.29, 1.82) is 0 Å². The van der Waals surface area contributed by atoms with Crippen LogP contribution in [0.3, 0.4) is 0 Å². The van der Waals surface area contributed by atoms with Gasteiger partial charge in [0.25, 0.3) is 0 Å². The van der Waals surface area contributed by atoms with Gasteiger partial charge in [-0.25, -0.2) is 0 Å². The smallest absolute Gasteiger partial charge is 0.153 e. The normalized spacial score (nSPS) is 12.8. The lowest BCUT2D eigenvalue weighted by Crippen LogP contribution is -2.37. The van der Waals surface area contributed by atoms with Gasteiger partial charge in [0.15, 0.2) is 5.58 Å². The minimum atomic E-state index is -1.55. The highest BCUT2D eigenvalue weighted by atomic mass is 28.3. The summed E-state index contributed by atoms with van der Waals surface area (Å²) in [6.45, 7) is 13.9. The van der Waals surface area contributed by atoms with Crippen LogP contribution in [-0.4, -0.2) is 18.0 Å². The van der Waals surface area contributed by atoms with Crippen molar-refractivity contribution in [3.8, 4) is 11.3 Å². The number of rotatable bonds is 3. The summed E-state index contributed by atoms with van der Waals surface area (Å²) in [7, 11) is -1.55. The van der Waals surface area contributed by atoms with Crippen LogP contribution in [0, 0.1) is 5.41 Å². The molecule has 0 radical (unpaired) electrons. The Morgan fingerprint density at radius 1 is 1.00 bits per heavy atom. The van der Waals surface area contributed by atoms with Crippen LogP contribution in [0.1, 0.15) is 26.3 Å². The maximum atomic E-state index is 6.33. The Kier molecular flexibility index (Phi) is 4.42. The zero-order valence-corrected chi connectivity index (χ0v) is 18.6. The number of hydrogen-bond acceptors (Lipinski definition) is 3. The number of fused-ring (bicyclic) bond motifs is 3. The van der Waals surface area contributed by atoms with Crippen LogP contribution in [0.25, 0.3) is 33.2 Å². The summed E-state index contributed by atoms with van der Waals surface area (Å²) >= 11 is 0. The Balaban J connectivity index is 1.98. The molecule has 144 valence electrons. The lowest BCUT2D eigenvalue weighted by atomic mass is 9.88. The van der Waals surface area contributed by atoms with Crippen molar-refractivity contribution >= 4 is 35.2 Å². The van der Waals surface area contributed by atoms with Gasteiger partial charge in [0, 0.05) is 28.7 Å². The molecule has 0 bridgehead atoms. The molecule has 0 atom stereocenters. The van der Waals surface area contributed by atoms with Crippen LogP contribution in [0.2, 0.25) is 19.6 Å². The molecule has 0 unspecified atom stereocenters. The molecule has 4 heteroatoms. The summed E-state index contributed by atoms with van der Waals surface area (Å²) in [6, 6.07) is 10.9. The summed E-state index contributed by atoms with van der Waals surface area (Å²) in [4.78, 5) is 8.95. The van der Waals surface area contributed by atoms with E-state index >= 15 is 0 Å². The molecule has 0 spiro atoms. The molecule has 0 aliphatic heterocycles. The fraction of sp³-hybridized carbons (Fsp3) is 0.333. The van der Waals surface area contributed by atoms with E-state index in [1.54, 1.807) is 0 Å². The molecule has 0 aliphatic carbocycles. The first-order chi connectivity index (χ1) is 13.1. The van der Waals surface area contributed by atoms with E-state index in [4.69, 9.17) is 4.42 Å². The van der Waals surface area contributed by atoms with Crippen LogP contribution in [0.15, 0.2) is 53.3 Å². The highest BCUT2D eigenvalue weighted by molar-refractivity contribution is 6.90. The molecular formula is C24H28N2OSi. The number of hydrogen-bond donors (Lipinski definition) is 0. The molecule has 0 aliphatic rings. The SMILES string of the molecule is CC(C)(C)Cc1ccnc(-c2ccc([Si](C)(C)C)c3c2oc2cnccc23)c1. The molecule has 0 amide bonds. The number of pyridine rings is 2. The van der Waals surface area contributed by atoms with Crippen LogP contribution in [0.4, 0.5) is 0 Å². The van der Waals surface area contributed by atoms with Gasteiger partial charge in [-0.2, -0.15) is 0 Å². The van der Waals surface area contributed by atoms with Crippen LogP contribution in [-0.2, 0) is 6.42 Å². The lowest BCUT2D eigenvalue weighted by molar-refractivity contribution is 0.411. The largest absolute Gasteiger partial charge is 0.454 e. The van der Waals surface area contributed by atoms with Crippen LogP contribution in [0.5, 0.6) is 0 Å². The maximum Gasteiger partial charge on any atom is 0.153 e. The third-order valence-corrected chi connectivity index (χ3v) is 7.10. The number of benzene rings is 1. The molecule has 0 saturated heterocycles. The first-order valence-electron chi connectivity index (χ1n) is 9.88. The van der Waals surface area contributed by atoms with Gasteiger partial charge in [-0.3, -0.25) is 9.97 Å². The second kappa shape index (κ2) is 6.56. The van der Waals surface area contributed by atoms with E-state index in [1.807, 2.05) is 18.6 Å². The first-order valence-corrected chi connectivity index (χ1v) is 13.4. The predicted octanol–water partition coefficient (Wildman–Crippen LogP) is 6.18. The third-order valence-electron chi connectivity index (χ3n) is 5.07. The maximum absolute atomic E-state index is 6.33. The highest BCUT2D eigenvalue weighted by Crippen LogP contribution is 2.35. The fourth-order valence-electron chi connectivity index (χ4n) is 3.90. The van der Waals surface area contributed by atoms with Gasteiger partial charge >= 0.3 is 0 Å². The molecule has 28 heavy (non-hydrogen) atoms. The second-order valence-corrected chi connectivity index (χ2v) is 14.9. The molecule has 4 rings (SSSR count). The fourth-order valence-corrected chi connectivity index (χ4v) is 5.49. The molecule has 1 aromatic carbocycles. The van der Waals surface area contributed by atoms with Gasteiger partial charge in [-0.1, -0.05) is 46.5 Å². The van der Waals surface area contributed by atoms with Gasteiger partial charge in [0.05, 0.1) is 20.0 Å². The van der Waals surface area contributed by atoms with Crippen molar-refractivity contribution in [2.75, 3.05) is 0 Å². The van der Waals surface area contributed by atoms with Gasteiger partial charge < -0.3 is 4.42 Å². The van der Waals surface area contributed by atoms with Crippen molar-refractivity contribution < 1.29 is 4.42 Å². The van der Waals surface area contributed by atoms with Crippen LogP contribution < -0.4 is 5.19 Å². The quantitative estimate of drug-likeness (QED) is 0.394. The van der Waals surface area contributed by atoms with Crippen LogP contribution >= 0.6 is 0 Å². The van der Waals surface area contributed by atoms with Gasteiger partial charge in [0.2, 0.25) is 0 Å². The van der Waals surface area contributed by atoms with E-state index in [0.717, 1.165) is 34.2 Å². The molecule has 3 nitrogen and oxygen atoms in total. The van der Waals surface area contributed by atoms with Crippen molar-refractivity contribution in [2.45, 2.75) is 46.8 Å². The van der Waals surface area contributed by atoms with E-state index in [2.05, 4.69) is 80.7 Å². The summed E-state index contributed by atoms with van der Waals surface area (Å²) < 4.78 is 6.33. The minimum Gasteiger partial charge on any atom is -0.454 e. The average molecular weight is 389 g/mol. The van der Waals surface area contributed by atoms with Gasteiger partial charge in [-0.15, -0.1) is 0 Å². The summed E-state index contributed by atoms with van der Waals surface area (Å²) in [6.07, 6.45) is 6.60. The topological polar surface area (TPSA) is 38.9 Å². The second-order valence-electron chi connectivity index (χ2n) is 9.88. The number of furan rings is 1. The Bertz CT molecular complexity index is 1160. The highest BCUT2D eigenvalue weighted by Gasteiger charge is 2.25. The average Bonchev–Trinajstić information content (AvgIpc) is 2.98. The molecule has 0 saturated carbocycles. The van der Waals surface area contributed by atoms with Gasteiger partial charge in [-0.05, 0) is 46.9 Å². The monoisotopic (exact) mass is 388 g/mol. The molecular weight excluding hydrogens is 360 g/mol. The van der Waals surface area contributed by atoms with E-state index < -0.39 is 8.07 Å². The lowest BCUT2D eigenvalue weighted by Gasteiger charge is -2.20. The Morgan fingerprint density at radius 3 is 2.50 bits per heavy atom. The summed E-state index contributed by atoms with van der Waals surface area (Å²) in [5, 5.41) is 3.80. The van der Waals surface area contributed by atoms with E-state index in [9.17, 15) is 0 Å². The Hall–Kier alpha value is -2.46. The zero-order valence-electron chi connectivity index (χ0n) is 17.6. The Morgan fingerprint density at radius 2 is 1.79 bits per heavy atom. The van der Waals surface area contributed by atoms with Crippen molar-refractivity contribution in [3.63, 3.8) is 0 Å². The van der Waals surface area contributed by atoms with Gasteiger partial charge in [0.1, 0.15) is 5.58 Å².